The Kier molecular flexibility index (Phi) is 3.85. The van der Waals surface area contributed by atoms with E-state index in [9.17, 15) is 9.18 Å². The molecule has 1 aromatic carbocycles. The van der Waals surface area contributed by atoms with Crippen LogP contribution in [0.25, 0.3) is 0 Å². The van der Waals surface area contributed by atoms with Gasteiger partial charge in [0, 0.05) is 0 Å². The summed E-state index contributed by atoms with van der Waals surface area (Å²) in [5, 5.41) is 0. The van der Waals surface area contributed by atoms with Gasteiger partial charge in [0.25, 0.3) is 0 Å². The van der Waals surface area contributed by atoms with Gasteiger partial charge in [-0.1, -0.05) is 12.1 Å². The average Bonchev–Trinajstić information content (AvgIpc) is 2.21. The van der Waals surface area contributed by atoms with E-state index in [4.69, 9.17) is 11.8 Å². The second kappa shape index (κ2) is 4.93. The van der Waals surface area contributed by atoms with Gasteiger partial charge in [-0.05, 0) is 29.5 Å². The number of hydrogen-bond acceptors (Lipinski definition) is 3. The molecule has 0 aliphatic carbocycles. The predicted molar refractivity (Wildman–Crippen MR) is 50.1 cm³/mol. The minimum absolute atomic E-state index is 0.369. The molecule has 0 spiro atoms. The van der Waals surface area contributed by atoms with Crippen molar-refractivity contribution in [2.24, 2.45) is 0 Å². The number of carbonyl (C=O) groups is 1. The van der Waals surface area contributed by atoms with Crippen LogP contribution in [0.1, 0.15) is 11.6 Å². The van der Waals surface area contributed by atoms with Gasteiger partial charge in [0.2, 0.25) is 0 Å². The average molecular weight is 218 g/mol. The highest BCUT2D eigenvalue weighted by molar-refractivity contribution is 6.14. The second-order valence-corrected chi connectivity index (χ2v) is 2.84. The van der Waals surface area contributed by atoms with Gasteiger partial charge in [-0.15, -0.1) is 0 Å². The topological polar surface area (TPSA) is 38.3 Å². The van der Waals surface area contributed by atoms with Crippen LogP contribution in [0.5, 0.6) is 0 Å². The second-order valence-electron chi connectivity index (χ2n) is 2.62. The summed E-state index contributed by atoms with van der Waals surface area (Å²) < 4.78 is 17.1. The smallest absolute Gasteiger partial charge is 0.328 e. The fourth-order valence-corrected chi connectivity index (χ4v) is 1.23. The predicted octanol–water partition coefficient (Wildman–Crippen LogP) is 1.78. The number of nitrogens with one attached hydrogen (secondary N) is 1. The molecule has 0 radical (unpaired) electrons. The first-order valence-corrected chi connectivity index (χ1v) is 4.26. The molecule has 14 heavy (non-hydrogen) atoms. The maximum Gasteiger partial charge on any atom is 0.328 e. The van der Waals surface area contributed by atoms with E-state index in [1.54, 1.807) is 0 Å². The van der Waals surface area contributed by atoms with Crippen molar-refractivity contribution in [2.45, 2.75) is 6.04 Å². The third-order valence-corrected chi connectivity index (χ3v) is 1.97. The van der Waals surface area contributed by atoms with Gasteiger partial charge in [0.15, 0.2) is 0 Å². The van der Waals surface area contributed by atoms with Gasteiger partial charge >= 0.3 is 5.97 Å². The fourth-order valence-electron chi connectivity index (χ4n) is 1.02. The van der Waals surface area contributed by atoms with Crippen LogP contribution < -0.4 is 4.84 Å². The third kappa shape index (κ3) is 2.43. The molecule has 0 bridgehead atoms. The van der Waals surface area contributed by atoms with Crippen LogP contribution in [-0.2, 0) is 9.53 Å². The summed E-state index contributed by atoms with van der Waals surface area (Å²) in [6.45, 7) is 0. The normalized spacial score (nSPS) is 12.2. The zero-order valence-corrected chi connectivity index (χ0v) is 8.22. The number of benzene rings is 1. The first kappa shape index (κ1) is 10.9. The molecule has 0 fully saturated rings. The van der Waals surface area contributed by atoms with Crippen LogP contribution in [0.2, 0.25) is 0 Å². The first-order valence-electron chi connectivity index (χ1n) is 3.88. The molecule has 3 nitrogen and oxygen atoms in total. The minimum atomic E-state index is -0.776. The van der Waals surface area contributed by atoms with E-state index in [0.29, 0.717) is 5.56 Å². The van der Waals surface area contributed by atoms with Crippen molar-refractivity contribution in [2.75, 3.05) is 7.11 Å². The fraction of sp³-hybridized carbons (Fsp3) is 0.222. The Morgan fingerprint density at radius 1 is 1.50 bits per heavy atom. The van der Waals surface area contributed by atoms with Crippen LogP contribution in [0, 0.1) is 5.82 Å². The molecule has 0 amide bonds. The standard InChI is InChI=1S/C9H9ClFNO2/c1-14-9(13)8(12-10)6-2-4-7(11)5-3-6/h2-5,8,12H,1H3. The monoisotopic (exact) mass is 217 g/mol. The maximum absolute atomic E-state index is 12.6. The van der Waals surface area contributed by atoms with Crippen LogP contribution in [0.3, 0.4) is 0 Å². The van der Waals surface area contributed by atoms with Crippen LogP contribution >= 0.6 is 11.8 Å². The van der Waals surface area contributed by atoms with Crippen molar-refractivity contribution < 1.29 is 13.9 Å². The number of esters is 1. The van der Waals surface area contributed by atoms with Crippen molar-refractivity contribution in [3.63, 3.8) is 0 Å². The molecule has 5 heteroatoms. The van der Waals surface area contributed by atoms with E-state index in [-0.39, 0.29) is 5.82 Å². The van der Waals surface area contributed by atoms with Gasteiger partial charge in [0.1, 0.15) is 11.9 Å². The number of hydrogen-bond donors (Lipinski definition) is 1. The summed E-state index contributed by atoms with van der Waals surface area (Å²) in [6, 6.07) is 4.65. The Labute approximate surface area is 85.9 Å². The van der Waals surface area contributed by atoms with E-state index in [0.717, 1.165) is 0 Å². The van der Waals surface area contributed by atoms with Gasteiger partial charge in [-0.25, -0.2) is 14.0 Å². The summed E-state index contributed by atoms with van der Waals surface area (Å²) in [5.74, 6) is -0.890. The van der Waals surface area contributed by atoms with E-state index < -0.39 is 12.0 Å². The lowest BCUT2D eigenvalue weighted by molar-refractivity contribution is -0.142. The van der Waals surface area contributed by atoms with E-state index >= 15 is 0 Å². The summed E-state index contributed by atoms with van der Waals surface area (Å²) in [5.41, 5.74) is 0.549. The molecule has 0 aliphatic rings. The van der Waals surface area contributed by atoms with Crippen molar-refractivity contribution in [3.05, 3.63) is 35.6 Å². The molecule has 0 heterocycles. The van der Waals surface area contributed by atoms with Crippen LogP contribution in [0.15, 0.2) is 24.3 Å². The van der Waals surface area contributed by atoms with E-state index in [1.165, 1.54) is 31.4 Å². The maximum atomic E-state index is 12.6. The van der Waals surface area contributed by atoms with E-state index in [1.807, 2.05) is 0 Å². The number of methoxy groups -OCH3 is 1. The van der Waals surface area contributed by atoms with Gasteiger partial charge < -0.3 is 4.74 Å². The minimum Gasteiger partial charge on any atom is -0.468 e. The molecule has 1 N–H and O–H groups in total. The summed E-state index contributed by atoms with van der Waals surface area (Å²) in [6.07, 6.45) is 0. The Hall–Kier alpha value is -1.13. The summed E-state index contributed by atoms with van der Waals surface area (Å²) in [7, 11) is 1.26. The lowest BCUT2D eigenvalue weighted by Crippen LogP contribution is -2.23. The Morgan fingerprint density at radius 3 is 2.50 bits per heavy atom. The molecular formula is C9H9ClFNO2. The molecular weight excluding hydrogens is 209 g/mol. The first-order chi connectivity index (χ1) is 6.69. The molecule has 1 aromatic rings. The number of halogens is 2. The van der Waals surface area contributed by atoms with Gasteiger partial charge in [0.05, 0.1) is 7.11 Å². The zero-order valence-electron chi connectivity index (χ0n) is 7.46. The highest BCUT2D eigenvalue weighted by Crippen LogP contribution is 2.15. The SMILES string of the molecule is COC(=O)C(NCl)c1ccc(F)cc1. The Bertz CT molecular complexity index is 315. The summed E-state index contributed by atoms with van der Waals surface area (Å²) in [4.78, 5) is 13.4. The highest BCUT2D eigenvalue weighted by Gasteiger charge is 2.19. The molecule has 0 saturated heterocycles. The third-order valence-electron chi connectivity index (χ3n) is 1.75. The Balaban J connectivity index is 2.89. The molecule has 76 valence electrons. The Morgan fingerprint density at radius 2 is 2.07 bits per heavy atom. The van der Waals surface area contributed by atoms with Gasteiger partial charge in [-0.3, -0.25) is 0 Å². The number of carbonyl (C=O) groups excluding carboxylic acids is 1. The van der Waals surface area contributed by atoms with E-state index in [2.05, 4.69) is 9.57 Å². The number of rotatable bonds is 3. The van der Waals surface area contributed by atoms with Crippen molar-refractivity contribution in [1.82, 2.24) is 4.84 Å². The molecule has 1 rings (SSSR count). The molecule has 1 unspecified atom stereocenters. The number of ether oxygens (including phenoxy) is 1. The lowest BCUT2D eigenvalue weighted by atomic mass is 10.1. The largest absolute Gasteiger partial charge is 0.468 e. The molecule has 0 saturated carbocycles. The quantitative estimate of drug-likeness (QED) is 0.620. The summed E-state index contributed by atoms with van der Waals surface area (Å²) >= 11 is 5.37. The van der Waals surface area contributed by atoms with Crippen molar-refractivity contribution in [1.29, 1.82) is 0 Å². The van der Waals surface area contributed by atoms with Crippen molar-refractivity contribution >= 4 is 17.7 Å². The van der Waals surface area contributed by atoms with Crippen molar-refractivity contribution in [3.8, 4) is 0 Å². The molecule has 0 aliphatic heterocycles. The lowest BCUT2D eigenvalue weighted by Gasteiger charge is -2.11. The van der Waals surface area contributed by atoms with Crippen LogP contribution in [0.4, 0.5) is 4.39 Å². The molecule has 0 aromatic heterocycles. The molecule has 1 atom stereocenters. The van der Waals surface area contributed by atoms with Crippen LogP contribution in [-0.4, -0.2) is 13.1 Å². The highest BCUT2D eigenvalue weighted by atomic mass is 35.5. The van der Waals surface area contributed by atoms with Gasteiger partial charge in [-0.2, -0.15) is 0 Å². The zero-order chi connectivity index (χ0) is 10.6.